The molecule has 0 aliphatic heterocycles. The molecule has 2 heterocycles. The molecule has 1 fully saturated rings. The largest absolute Gasteiger partial charge is 0.349 e. The topological polar surface area (TPSA) is 80.9 Å². The number of benzene rings is 1. The van der Waals surface area contributed by atoms with Gasteiger partial charge < -0.3 is 9.84 Å². The lowest BCUT2D eigenvalue weighted by molar-refractivity contribution is 0.0952. The minimum atomic E-state index is -0.0324. The van der Waals surface area contributed by atoms with E-state index in [4.69, 9.17) is 4.52 Å². The third-order valence-corrected chi connectivity index (χ3v) is 5.19. The van der Waals surface area contributed by atoms with Crippen LogP contribution in [-0.2, 0) is 12.2 Å². The van der Waals surface area contributed by atoms with Gasteiger partial charge in [-0.2, -0.15) is 4.98 Å². The zero-order valence-corrected chi connectivity index (χ0v) is 16.3. The first-order chi connectivity index (χ1) is 13.1. The molecule has 3 aromatic rings. The Morgan fingerprint density at radius 1 is 1.30 bits per heavy atom. The monoisotopic (exact) mass is 382 g/mol. The van der Waals surface area contributed by atoms with E-state index in [1.54, 1.807) is 0 Å². The van der Waals surface area contributed by atoms with Crippen LogP contribution < -0.4 is 5.32 Å². The number of fused-ring (bicyclic) bond motifs is 1. The number of nitrogens with one attached hydrogen (secondary N) is 1. The Kier molecular flexibility index (Phi) is 5.11. The first-order valence-electron chi connectivity index (χ1n) is 9.23. The Labute approximate surface area is 162 Å². The quantitative estimate of drug-likeness (QED) is 0.622. The normalized spacial score (nSPS) is 14.0. The van der Waals surface area contributed by atoms with Gasteiger partial charge in [-0.05, 0) is 30.9 Å². The summed E-state index contributed by atoms with van der Waals surface area (Å²) in [5.74, 6) is 2.29. The second-order valence-corrected chi connectivity index (χ2v) is 8.26. The molecule has 1 aromatic carbocycles. The molecule has 0 unspecified atom stereocenters. The molecular weight excluding hydrogens is 360 g/mol. The molecule has 140 valence electrons. The summed E-state index contributed by atoms with van der Waals surface area (Å²) in [6.07, 6.45) is 2.92. The zero-order chi connectivity index (χ0) is 18.8. The van der Waals surface area contributed by atoms with Crippen molar-refractivity contribution in [1.82, 2.24) is 20.4 Å². The Hall–Kier alpha value is -2.41. The molecule has 7 heteroatoms. The second-order valence-electron chi connectivity index (χ2n) is 7.26. The van der Waals surface area contributed by atoms with Crippen molar-refractivity contribution in [1.29, 1.82) is 0 Å². The van der Waals surface area contributed by atoms with Crippen molar-refractivity contribution in [2.24, 2.45) is 5.92 Å². The van der Waals surface area contributed by atoms with Gasteiger partial charge in [-0.3, -0.25) is 4.79 Å². The third-order valence-electron chi connectivity index (χ3n) is 4.29. The lowest BCUT2D eigenvalue weighted by atomic mass is 10.1. The van der Waals surface area contributed by atoms with Crippen molar-refractivity contribution in [3.63, 3.8) is 0 Å². The standard InChI is InChI=1S/C20H22N4O2S/c1-12(2)9-17-23-18(26-24-17)11-27-19-10-15(20(25)21-13-7-8-13)14-5-3-4-6-16(14)22-19/h3-6,10,12-13H,7-9,11H2,1-2H3,(H,21,25). The van der Waals surface area contributed by atoms with E-state index in [0.717, 1.165) is 41.0 Å². The molecule has 1 amide bonds. The minimum absolute atomic E-state index is 0.0324. The molecule has 0 spiro atoms. The van der Waals surface area contributed by atoms with E-state index in [1.807, 2.05) is 30.3 Å². The molecular formula is C20H22N4O2S. The highest BCUT2D eigenvalue weighted by molar-refractivity contribution is 7.98. The molecule has 0 radical (unpaired) electrons. The van der Waals surface area contributed by atoms with Crippen LogP contribution in [0.5, 0.6) is 0 Å². The summed E-state index contributed by atoms with van der Waals surface area (Å²) in [5.41, 5.74) is 1.48. The van der Waals surface area contributed by atoms with Gasteiger partial charge in [0.05, 0.1) is 21.9 Å². The first kappa shape index (κ1) is 18.0. The number of pyridine rings is 1. The summed E-state index contributed by atoms with van der Waals surface area (Å²) in [7, 11) is 0. The molecule has 1 aliphatic carbocycles. The number of rotatable bonds is 7. The summed E-state index contributed by atoms with van der Waals surface area (Å²) in [4.78, 5) is 21.8. The van der Waals surface area contributed by atoms with Crippen molar-refractivity contribution in [3.05, 3.63) is 47.6 Å². The molecule has 27 heavy (non-hydrogen) atoms. The van der Waals surface area contributed by atoms with Crippen LogP contribution in [0.2, 0.25) is 0 Å². The summed E-state index contributed by atoms with van der Waals surface area (Å²) in [6.45, 7) is 4.25. The SMILES string of the molecule is CC(C)Cc1noc(CSc2cc(C(=O)NC3CC3)c3ccccc3n2)n1. The maximum absolute atomic E-state index is 12.7. The van der Waals surface area contributed by atoms with Crippen LogP contribution in [0.25, 0.3) is 10.9 Å². The van der Waals surface area contributed by atoms with Crippen LogP contribution in [0.15, 0.2) is 39.9 Å². The van der Waals surface area contributed by atoms with E-state index in [9.17, 15) is 4.79 Å². The van der Waals surface area contributed by atoms with Crippen LogP contribution in [0.1, 0.15) is 48.8 Å². The van der Waals surface area contributed by atoms with Gasteiger partial charge in [-0.1, -0.05) is 49.0 Å². The zero-order valence-electron chi connectivity index (χ0n) is 15.4. The van der Waals surface area contributed by atoms with Gasteiger partial charge in [0.25, 0.3) is 5.91 Å². The van der Waals surface area contributed by atoms with Crippen LogP contribution >= 0.6 is 11.8 Å². The smallest absolute Gasteiger partial charge is 0.252 e. The van der Waals surface area contributed by atoms with Crippen LogP contribution in [0.3, 0.4) is 0 Å². The van der Waals surface area contributed by atoms with E-state index in [-0.39, 0.29) is 5.91 Å². The van der Waals surface area contributed by atoms with Crippen molar-refractivity contribution in [2.45, 2.75) is 49.9 Å². The molecule has 1 N–H and O–H groups in total. The summed E-state index contributed by atoms with van der Waals surface area (Å²) >= 11 is 1.50. The minimum Gasteiger partial charge on any atom is -0.349 e. The highest BCUT2D eigenvalue weighted by Crippen LogP contribution is 2.27. The fourth-order valence-corrected chi connectivity index (χ4v) is 3.59. The van der Waals surface area contributed by atoms with E-state index in [2.05, 4.69) is 34.3 Å². The van der Waals surface area contributed by atoms with Gasteiger partial charge in [-0.25, -0.2) is 4.98 Å². The molecule has 0 saturated heterocycles. The number of amides is 1. The van der Waals surface area contributed by atoms with Crippen molar-refractivity contribution in [2.75, 3.05) is 0 Å². The molecule has 1 saturated carbocycles. The number of nitrogens with zero attached hydrogens (tertiary/aromatic N) is 3. The van der Waals surface area contributed by atoms with Crippen LogP contribution in [-0.4, -0.2) is 27.1 Å². The first-order valence-corrected chi connectivity index (χ1v) is 10.2. The second kappa shape index (κ2) is 7.68. The summed E-state index contributed by atoms with van der Waals surface area (Å²) in [5, 5.41) is 8.74. The van der Waals surface area contributed by atoms with E-state index in [0.29, 0.717) is 29.2 Å². The highest BCUT2D eigenvalue weighted by Gasteiger charge is 2.25. The maximum atomic E-state index is 12.7. The predicted molar refractivity (Wildman–Crippen MR) is 105 cm³/mol. The van der Waals surface area contributed by atoms with Gasteiger partial charge in [0.2, 0.25) is 5.89 Å². The Morgan fingerprint density at radius 3 is 2.89 bits per heavy atom. The van der Waals surface area contributed by atoms with Gasteiger partial charge >= 0.3 is 0 Å². The van der Waals surface area contributed by atoms with E-state index >= 15 is 0 Å². The maximum Gasteiger partial charge on any atom is 0.252 e. The lowest BCUT2D eigenvalue weighted by Crippen LogP contribution is -2.25. The van der Waals surface area contributed by atoms with Crippen molar-refractivity contribution < 1.29 is 9.32 Å². The molecule has 6 nitrogen and oxygen atoms in total. The van der Waals surface area contributed by atoms with Crippen molar-refractivity contribution >= 4 is 28.6 Å². The molecule has 1 aliphatic rings. The number of para-hydroxylation sites is 1. The van der Waals surface area contributed by atoms with E-state index < -0.39 is 0 Å². The highest BCUT2D eigenvalue weighted by atomic mass is 32.2. The fourth-order valence-electron chi connectivity index (χ4n) is 2.84. The number of hydrogen-bond donors (Lipinski definition) is 1. The average Bonchev–Trinajstić information content (AvgIpc) is 3.35. The Bertz CT molecular complexity index is 966. The lowest BCUT2D eigenvalue weighted by Gasteiger charge is -2.09. The van der Waals surface area contributed by atoms with Crippen molar-refractivity contribution in [3.8, 4) is 0 Å². The molecule has 0 bridgehead atoms. The Morgan fingerprint density at radius 2 is 2.11 bits per heavy atom. The van der Waals surface area contributed by atoms with Gasteiger partial charge in [0.15, 0.2) is 5.82 Å². The number of carbonyl (C=O) groups is 1. The average molecular weight is 382 g/mol. The molecule has 0 atom stereocenters. The van der Waals surface area contributed by atoms with Crippen LogP contribution in [0.4, 0.5) is 0 Å². The van der Waals surface area contributed by atoms with Gasteiger partial charge in [0.1, 0.15) is 0 Å². The molecule has 4 rings (SSSR count). The molecule has 2 aromatic heterocycles. The Balaban J connectivity index is 1.54. The number of carbonyl (C=O) groups excluding carboxylic acids is 1. The fraction of sp³-hybridized carbons (Fsp3) is 0.400. The number of thioether (sulfide) groups is 1. The number of hydrogen-bond acceptors (Lipinski definition) is 6. The summed E-state index contributed by atoms with van der Waals surface area (Å²) < 4.78 is 5.32. The van der Waals surface area contributed by atoms with E-state index in [1.165, 1.54) is 11.8 Å². The summed E-state index contributed by atoms with van der Waals surface area (Å²) in [6, 6.07) is 9.91. The number of aromatic nitrogens is 3. The third kappa shape index (κ3) is 4.47. The van der Waals surface area contributed by atoms with Gasteiger partial charge in [-0.15, -0.1) is 0 Å². The van der Waals surface area contributed by atoms with Crippen LogP contribution in [0, 0.1) is 5.92 Å². The predicted octanol–water partition coefficient (Wildman–Crippen LogP) is 4.00. The van der Waals surface area contributed by atoms with Gasteiger partial charge in [0, 0.05) is 17.8 Å².